The van der Waals surface area contributed by atoms with Gasteiger partial charge in [0.25, 0.3) is 0 Å². The van der Waals surface area contributed by atoms with E-state index in [0.29, 0.717) is 44.2 Å². The van der Waals surface area contributed by atoms with Crippen molar-refractivity contribution in [2.75, 3.05) is 26.2 Å². The lowest BCUT2D eigenvalue weighted by Crippen LogP contribution is -2.48. The molecule has 0 unspecified atom stereocenters. The second-order valence-electron chi connectivity index (χ2n) is 6.91. The van der Waals surface area contributed by atoms with Gasteiger partial charge in [-0.25, -0.2) is 13.6 Å². The molecule has 1 aromatic heterocycles. The molecule has 0 radical (unpaired) electrons. The number of hydrogen-bond acceptors (Lipinski definition) is 6. The Labute approximate surface area is 171 Å². The Hall–Kier alpha value is -3.40. The Kier molecular flexibility index (Phi) is 5.94. The summed E-state index contributed by atoms with van der Waals surface area (Å²) < 4.78 is 33.5. The molecule has 3 aromatic rings. The fraction of sp³-hybridized carbons (Fsp3) is 0.300. The average molecular weight is 414 g/mol. The zero-order chi connectivity index (χ0) is 20.9. The minimum Gasteiger partial charge on any atom is -0.445 e. The number of rotatable bonds is 5. The van der Waals surface area contributed by atoms with Crippen LogP contribution in [0.4, 0.5) is 13.6 Å². The molecule has 10 heteroatoms. The third-order valence-corrected chi connectivity index (χ3v) is 4.88. The van der Waals surface area contributed by atoms with Crippen molar-refractivity contribution < 1.29 is 18.3 Å². The first-order chi connectivity index (χ1) is 14.6. The summed E-state index contributed by atoms with van der Waals surface area (Å²) in [5.41, 5.74) is 1.28. The number of halogens is 2. The van der Waals surface area contributed by atoms with E-state index in [0.717, 1.165) is 17.7 Å². The maximum Gasteiger partial charge on any atom is 0.410 e. The van der Waals surface area contributed by atoms with E-state index in [9.17, 15) is 13.6 Å². The van der Waals surface area contributed by atoms with Gasteiger partial charge in [0, 0.05) is 32.2 Å². The predicted octanol–water partition coefficient (Wildman–Crippen LogP) is 2.39. The molecule has 1 amide bonds. The van der Waals surface area contributed by atoms with E-state index in [1.165, 1.54) is 10.7 Å². The molecule has 0 aliphatic carbocycles. The van der Waals surface area contributed by atoms with Crippen molar-refractivity contribution >= 4 is 6.09 Å². The van der Waals surface area contributed by atoms with Crippen molar-refractivity contribution in [1.82, 2.24) is 30.0 Å². The summed E-state index contributed by atoms with van der Waals surface area (Å²) in [7, 11) is 0. The Morgan fingerprint density at radius 3 is 2.50 bits per heavy atom. The van der Waals surface area contributed by atoms with Crippen LogP contribution in [-0.4, -0.2) is 62.3 Å². The summed E-state index contributed by atoms with van der Waals surface area (Å²) in [6, 6.07) is 13.0. The van der Waals surface area contributed by atoms with Gasteiger partial charge in [-0.15, -0.1) is 5.10 Å². The van der Waals surface area contributed by atoms with Crippen molar-refractivity contribution in [2.45, 2.75) is 13.2 Å². The maximum atomic E-state index is 13.5. The number of amides is 1. The highest BCUT2D eigenvalue weighted by Gasteiger charge is 2.24. The monoisotopic (exact) mass is 414 g/mol. The van der Waals surface area contributed by atoms with E-state index in [1.807, 2.05) is 30.3 Å². The van der Waals surface area contributed by atoms with Gasteiger partial charge in [-0.1, -0.05) is 30.3 Å². The van der Waals surface area contributed by atoms with Gasteiger partial charge in [-0.2, -0.15) is 4.68 Å². The van der Waals surface area contributed by atoms with Crippen LogP contribution in [0, 0.1) is 11.6 Å². The molecule has 2 aromatic carbocycles. The molecule has 1 saturated heterocycles. The zero-order valence-electron chi connectivity index (χ0n) is 16.1. The third-order valence-electron chi connectivity index (χ3n) is 4.88. The lowest BCUT2D eigenvalue weighted by atomic mass is 10.2. The number of piperazine rings is 1. The van der Waals surface area contributed by atoms with Crippen LogP contribution < -0.4 is 0 Å². The van der Waals surface area contributed by atoms with Crippen LogP contribution in [0.2, 0.25) is 0 Å². The summed E-state index contributed by atoms with van der Waals surface area (Å²) in [6.45, 7) is 2.92. The second-order valence-corrected chi connectivity index (χ2v) is 6.91. The molecule has 0 N–H and O–H groups in total. The first kappa shape index (κ1) is 19.9. The zero-order valence-corrected chi connectivity index (χ0v) is 16.1. The number of tetrazole rings is 1. The Balaban J connectivity index is 1.31. The van der Waals surface area contributed by atoms with Crippen molar-refractivity contribution in [3.8, 4) is 5.69 Å². The average Bonchev–Trinajstić information content (AvgIpc) is 3.23. The first-order valence-corrected chi connectivity index (χ1v) is 9.51. The predicted molar refractivity (Wildman–Crippen MR) is 103 cm³/mol. The molecule has 0 saturated carbocycles. The summed E-state index contributed by atoms with van der Waals surface area (Å²) >= 11 is 0. The molecule has 30 heavy (non-hydrogen) atoms. The normalized spacial score (nSPS) is 14.7. The van der Waals surface area contributed by atoms with Crippen LogP contribution in [0.5, 0.6) is 0 Å². The number of ether oxygens (including phenoxy) is 1. The third kappa shape index (κ3) is 4.60. The number of carbonyl (C=O) groups excluding carboxylic acids is 1. The smallest absolute Gasteiger partial charge is 0.410 e. The number of carbonyl (C=O) groups is 1. The molecular weight excluding hydrogens is 394 g/mol. The van der Waals surface area contributed by atoms with Crippen LogP contribution in [-0.2, 0) is 17.9 Å². The lowest BCUT2D eigenvalue weighted by Gasteiger charge is -2.33. The Morgan fingerprint density at radius 1 is 1.00 bits per heavy atom. The van der Waals surface area contributed by atoms with E-state index in [1.54, 1.807) is 4.90 Å². The summed E-state index contributed by atoms with van der Waals surface area (Å²) in [4.78, 5) is 16.0. The highest BCUT2D eigenvalue weighted by Crippen LogP contribution is 2.15. The standard InChI is InChI=1S/C20H20F2N6O2/c21-17-7-6-16(12-18(17)22)28-19(23-24-25-28)13-26-8-10-27(11-9-26)20(29)30-14-15-4-2-1-3-5-15/h1-7,12H,8-11,13-14H2. The van der Waals surface area contributed by atoms with Gasteiger partial charge in [-0.3, -0.25) is 4.90 Å². The number of benzene rings is 2. The van der Waals surface area contributed by atoms with Crippen molar-refractivity contribution in [3.05, 3.63) is 71.6 Å². The van der Waals surface area contributed by atoms with Crippen LogP contribution >= 0.6 is 0 Å². The molecule has 4 rings (SSSR count). The van der Waals surface area contributed by atoms with Gasteiger partial charge < -0.3 is 9.64 Å². The second kappa shape index (κ2) is 8.95. The fourth-order valence-corrected chi connectivity index (χ4v) is 3.22. The van der Waals surface area contributed by atoms with E-state index < -0.39 is 11.6 Å². The molecule has 0 atom stereocenters. The SMILES string of the molecule is O=C(OCc1ccccc1)N1CCN(Cc2nnnn2-c2ccc(F)c(F)c2)CC1. The van der Waals surface area contributed by atoms with Crippen LogP contribution in [0.1, 0.15) is 11.4 Å². The summed E-state index contributed by atoms with van der Waals surface area (Å²) in [6.07, 6.45) is -0.342. The highest BCUT2D eigenvalue weighted by atomic mass is 19.2. The summed E-state index contributed by atoms with van der Waals surface area (Å²) in [5.74, 6) is -1.39. The van der Waals surface area contributed by atoms with Crippen LogP contribution in [0.15, 0.2) is 48.5 Å². The lowest BCUT2D eigenvalue weighted by molar-refractivity contribution is 0.0693. The van der Waals surface area contributed by atoms with Gasteiger partial charge in [-0.05, 0) is 28.1 Å². The number of nitrogens with zero attached hydrogens (tertiary/aromatic N) is 6. The maximum absolute atomic E-state index is 13.5. The summed E-state index contributed by atoms with van der Waals surface area (Å²) in [5, 5.41) is 11.5. The highest BCUT2D eigenvalue weighted by molar-refractivity contribution is 5.67. The van der Waals surface area contributed by atoms with Crippen molar-refractivity contribution in [3.63, 3.8) is 0 Å². The van der Waals surface area contributed by atoms with E-state index in [2.05, 4.69) is 20.4 Å². The van der Waals surface area contributed by atoms with Gasteiger partial charge in [0.05, 0.1) is 12.2 Å². The minimum absolute atomic E-state index is 0.239. The van der Waals surface area contributed by atoms with E-state index >= 15 is 0 Å². The molecule has 1 fully saturated rings. The topological polar surface area (TPSA) is 76.4 Å². The quantitative estimate of drug-likeness (QED) is 0.638. The fourth-order valence-electron chi connectivity index (χ4n) is 3.22. The van der Waals surface area contributed by atoms with Crippen molar-refractivity contribution in [2.24, 2.45) is 0 Å². The van der Waals surface area contributed by atoms with Gasteiger partial charge >= 0.3 is 6.09 Å². The molecule has 156 valence electrons. The van der Waals surface area contributed by atoms with Crippen molar-refractivity contribution in [1.29, 1.82) is 0 Å². The Morgan fingerprint density at radius 2 is 1.77 bits per heavy atom. The number of aromatic nitrogens is 4. The molecule has 1 aliphatic rings. The van der Waals surface area contributed by atoms with E-state index in [-0.39, 0.29) is 12.7 Å². The van der Waals surface area contributed by atoms with Gasteiger partial charge in [0.15, 0.2) is 17.5 Å². The molecule has 0 spiro atoms. The van der Waals surface area contributed by atoms with Crippen LogP contribution in [0.25, 0.3) is 5.69 Å². The minimum atomic E-state index is -0.962. The van der Waals surface area contributed by atoms with Crippen LogP contribution in [0.3, 0.4) is 0 Å². The van der Waals surface area contributed by atoms with Gasteiger partial charge in [0.1, 0.15) is 6.61 Å². The molecule has 2 heterocycles. The Bertz CT molecular complexity index is 1010. The van der Waals surface area contributed by atoms with E-state index in [4.69, 9.17) is 4.74 Å². The van der Waals surface area contributed by atoms with Gasteiger partial charge in [0.2, 0.25) is 0 Å². The largest absolute Gasteiger partial charge is 0.445 e. The molecule has 1 aliphatic heterocycles. The molecule has 8 nitrogen and oxygen atoms in total. The first-order valence-electron chi connectivity index (χ1n) is 9.51. The number of hydrogen-bond donors (Lipinski definition) is 0. The molecular formula is C20H20F2N6O2. The molecule has 0 bridgehead atoms.